The van der Waals surface area contributed by atoms with Crippen LogP contribution in [0, 0.1) is 11.3 Å². The predicted octanol–water partition coefficient (Wildman–Crippen LogP) is 3.28. The maximum Gasteiger partial charge on any atom is 0.490 e. The second-order valence-electron chi connectivity index (χ2n) is 7.40. The summed E-state index contributed by atoms with van der Waals surface area (Å²) in [6.45, 7) is 3.97. The maximum atomic E-state index is 10.6. The molecule has 33 heavy (non-hydrogen) atoms. The Morgan fingerprint density at radius 3 is 2.58 bits per heavy atom. The van der Waals surface area contributed by atoms with Gasteiger partial charge < -0.3 is 21.3 Å². The van der Waals surface area contributed by atoms with E-state index < -0.39 is 12.1 Å². The number of ether oxygens (including phenoxy) is 1. The number of likely N-dealkylation sites (tertiary alicyclic amines) is 1. The number of hydrogen-bond acceptors (Lipinski definition) is 8. The average molecular weight is 482 g/mol. The van der Waals surface area contributed by atoms with Crippen molar-refractivity contribution in [3.8, 4) is 11.8 Å². The highest BCUT2D eigenvalue weighted by atomic mass is 32.2. The molecule has 5 N–H and O–H groups in total. The van der Waals surface area contributed by atoms with Gasteiger partial charge in [-0.2, -0.15) is 18.4 Å². The van der Waals surface area contributed by atoms with Crippen LogP contribution in [0.15, 0.2) is 28.1 Å². The summed E-state index contributed by atoms with van der Waals surface area (Å²) in [5, 5.41) is 17.1. The van der Waals surface area contributed by atoms with Crippen LogP contribution in [0.1, 0.15) is 29.5 Å². The highest BCUT2D eigenvalue weighted by Crippen LogP contribution is 2.46. The monoisotopic (exact) mass is 481 g/mol. The van der Waals surface area contributed by atoms with Crippen molar-refractivity contribution >= 4 is 29.2 Å². The molecule has 3 heterocycles. The summed E-state index contributed by atoms with van der Waals surface area (Å²) in [4.78, 5) is 16.8. The Hall–Kier alpha value is -3.17. The molecule has 1 aromatic heterocycles. The van der Waals surface area contributed by atoms with E-state index in [-0.39, 0.29) is 11.4 Å². The van der Waals surface area contributed by atoms with Crippen LogP contribution in [0.3, 0.4) is 0 Å². The summed E-state index contributed by atoms with van der Waals surface area (Å²) in [5.41, 5.74) is 14.8. The van der Waals surface area contributed by atoms with Crippen LogP contribution in [0.2, 0.25) is 0 Å². The number of carbonyl (C=O) groups is 1. The van der Waals surface area contributed by atoms with Crippen molar-refractivity contribution in [1.29, 1.82) is 5.26 Å². The molecule has 0 radical (unpaired) electrons. The lowest BCUT2D eigenvalue weighted by molar-refractivity contribution is -0.192. The van der Waals surface area contributed by atoms with E-state index in [0.717, 1.165) is 33.3 Å². The zero-order valence-corrected chi connectivity index (χ0v) is 18.3. The van der Waals surface area contributed by atoms with Crippen LogP contribution >= 0.6 is 11.8 Å². The lowest BCUT2D eigenvalue weighted by Gasteiger charge is -2.23. The predicted molar refractivity (Wildman–Crippen MR) is 116 cm³/mol. The van der Waals surface area contributed by atoms with Gasteiger partial charge in [-0.05, 0) is 37.6 Å². The van der Waals surface area contributed by atoms with Gasteiger partial charge in [-0.1, -0.05) is 23.9 Å². The Morgan fingerprint density at radius 2 is 1.97 bits per heavy atom. The van der Waals surface area contributed by atoms with E-state index in [0.29, 0.717) is 18.7 Å². The standard InChI is InChI=1S/C19H21N5OS.C2HF3O2/c20-11-14-16(21)13-10-12-4-3-5-15(17(12)26-19(13)23-18(14)22)25-9-8-24-6-1-2-7-24;3-2(4,5)1(6)7/h3-5H,1-2,6-10H2,(H4,21,22,23);(H,6,7). The van der Waals surface area contributed by atoms with E-state index >= 15 is 0 Å². The Kier molecular flexibility index (Phi) is 7.55. The molecule has 1 aromatic carbocycles. The van der Waals surface area contributed by atoms with Crippen LogP contribution in [-0.4, -0.2) is 53.4 Å². The van der Waals surface area contributed by atoms with Crippen LogP contribution in [0.25, 0.3) is 0 Å². The number of aliphatic carboxylic acids is 1. The molecule has 8 nitrogen and oxygen atoms in total. The summed E-state index contributed by atoms with van der Waals surface area (Å²) >= 11 is 1.52. The van der Waals surface area contributed by atoms with Gasteiger partial charge in [0.25, 0.3) is 0 Å². The number of anilines is 2. The van der Waals surface area contributed by atoms with Crippen molar-refractivity contribution in [1.82, 2.24) is 9.88 Å². The van der Waals surface area contributed by atoms with Gasteiger partial charge in [-0.25, -0.2) is 9.78 Å². The molecule has 0 saturated carbocycles. The first kappa shape index (κ1) is 24.5. The molecule has 0 aliphatic carbocycles. The van der Waals surface area contributed by atoms with Crippen molar-refractivity contribution in [2.45, 2.75) is 35.4 Å². The quantitative estimate of drug-likeness (QED) is 0.512. The van der Waals surface area contributed by atoms with Gasteiger partial charge in [-0.15, -0.1) is 0 Å². The largest absolute Gasteiger partial charge is 0.491 e. The molecule has 0 unspecified atom stereocenters. The van der Waals surface area contributed by atoms with Crippen LogP contribution < -0.4 is 16.2 Å². The van der Waals surface area contributed by atoms with E-state index in [1.165, 1.54) is 37.7 Å². The average Bonchev–Trinajstić information content (AvgIpc) is 3.27. The zero-order chi connectivity index (χ0) is 24.2. The number of nitrogens with two attached hydrogens (primary N) is 2. The van der Waals surface area contributed by atoms with Gasteiger partial charge in [0, 0.05) is 18.5 Å². The van der Waals surface area contributed by atoms with Crippen LogP contribution in [0.4, 0.5) is 24.7 Å². The number of alkyl halides is 3. The number of hydrogen-bond donors (Lipinski definition) is 3. The minimum Gasteiger partial charge on any atom is -0.491 e. The first-order chi connectivity index (χ1) is 15.6. The minimum atomic E-state index is -5.08. The minimum absolute atomic E-state index is 0.187. The van der Waals surface area contributed by atoms with Crippen molar-refractivity contribution in [2.75, 3.05) is 37.7 Å². The lowest BCUT2D eigenvalue weighted by Crippen LogP contribution is -2.25. The number of aromatic nitrogens is 1. The Balaban J connectivity index is 0.000000383. The van der Waals surface area contributed by atoms with Crippen molar-refractivity contribution in [3.63, 3.8) is 0 Å². The number of halogens is 3. The Bertz CT molecular complexity index is 1080. The SMILES string of the molecule is N#Cc1c(N)nc2c(c1N)Cc1cccc(OCCN3CCCC3)c1S2.O=C(O)C(F)(F)F. The number of carboxylic acids is 1. The molecular formula is C21H22F3N5O3S. The molecule has 0 spiro atoms. The topological polar surface area (TPSA) is 138 Å². The highest BCUT2D eigenvalue weighted by molar-refractivity contribution is 7.99. The van der Waals surface area contributed by atoms with Gasteiger partial charge in [0.05, 0.1) is 10.6 Å². The first-order valence-corrected chi connectivity index (χ1v) is 10.9. The van der Waals surface area contributed by atoms with Crippen molar-refractivity contribution in [3.05, 3.63) is 34.9 Å². The third-order valence-electron chi connectivity index (χ3n) is 5.18. The number of nitrogens with zero attached hydrogens (tertiary/aromatic N) is 3. The Morgan fingerprint density at radius 1 is 1.30 bits per heavy atom. The van der Waals surface area contributed by atoms with E-state index in [2.05, 4.69) is 22.0 Å². The maximum absolute atomic E-state index is 10.6. The summed E-state index contributed by atoms with van der Waals surface area (Å²) in [5.74, 6) is -1.69. The summed E-state index contributed by atoms with van der Waals surface area (Å²) in [7, 11) is 0. The molecule has 1 saturated heterocycles. The van der Waals surface area contributed by atoms with Crippen molar-refractivity contribution < 1.29 is 27.8 Å². The molecule has 4 rings (SSSR count). The van der Waals surface area contributed by atoms with Crippen LogP contribution in [0.5, 0.6) is 5.75 Å². The highest BCUT2D eigenvalue weighted by Gasteiger charge is 2.38. The number of nitriles is 1. The Labute approximate surface area is 192 Å². The smallest absolute Gasteiger partial charge is 0.490 e. The van der Waals surface area contributed by atoms with Crippen LogP contribution in [-0.2, 0) is 11.2 Å². The number of fused-ring (bicyclic) bond motifs is 2. The molecule has 0 amide bonds. The van der Waals surface area contributed by atoms with Gasteiger partial charge >= 0.3 is 12.1 Å². The van der Waals surface area contributed by atoms with Gasteiger partial charge in [0.1, 0.15) is 34.8 Å². The fourth-order valence-corrected chi connectivity index (χ4v) is 4.66. The molecule has 2 aliphatic heterocycles. The zero-order valence-electron chi connectivity index (χ0n) is 17.5. The molecule has 0 bridgehead atoms. The molecule has 1 fully saturated rings. The second-order valence-corrected chi connectivity index (χ2v) is 8.40. The fourth-order valence-electron chi connectivity index (χ4n) is 3.52. The van der Waals surface area contributed by atoms with Crippen molar-refractivity contribution in [2.24, 2.45) is 0 Å². The number of pyridine rings is 1. The molecule has 2 aliphatic rings. The third-order valence-corrected chi connectivity index (χ3v) is 6.37. The first-order valence-electron chi connectivity index (χ1n) is 10.0. The number of benzene rings is 1. The number of carboxylic acid groups (broad SMARTS) is 1. The van der Waals surface area contributed by atoms with E-state index in [4.69, 9.17) is 26.1 Å². The van der Waals surface area contributed by atoms with Gasteiger partial charge in [0.15, 0.2) is 0 Å². The molecular weight excluding hydrogens is 459 g/mol. The van der Waals surface area contributed by atoms with E-state index in [1.54, 1.807) is 0 Å². The molecule has 12 heteroatoms. The molecule has 176 valence electrons. The number of nitrogen functional groups attached to an aromatic ring is 2. The normalized spacial score (nSPS) is 15.0. The van der Waals surface area contributed by atoms with Gasteiger partial charge in [0.2, 0.25) is 0 Å². The van der Waals surface area contributed by atoms with E-state index in [9.17, 15) is 18.4 Å². The third kappa shape index (κ3) is 5.80. The van der Waals surface area contributed by atoms with Gasteiger partial charge in [-0.3, -0.25) is 4.90 Å². The summed E-state index contributed by atoms with van der Waals surface area (Å²) < 4.78 is 37.8. The lowest BCUT2D eigenvalue weighted by atomic mass is 10.0. The molecule has 2 aromatic rings. The van der Waals surface area contributed by atoms with E-state index in [1.807, 2.05) is 12.1 Å². The fraction of sp³-hybridized carbons (Fsp3) is 0.381. The summed E-state index contributed by atoms with van der Waals surface area (Å²) in [6, 6.07) is 8.12. The number of rotatable bonds is 4. The summed E-state index contributed by atoms with van der Waals surface area (Å²) in [6.07, 6.45) is -1.88. The molecule has 0 atom stereocenters. The second kappa shape index (κ2) is 10.2.